The maximum Gasteiger partial charge on any atom is 0.0911 e. The van der Waals surface area contributed by atoms with Gasteiger partial charge in [0, 0.05) is 24.7 Å². The number of rotatable bonds is 12. The summed E-state index contributed by atoms with van der Waals surface area (Å²) in [4.78, 5) is 2.44. The van der Waals surface area contributed by atoms with Crippen molar-refractivity contribution < 1.29 is 9.84 Å². The fraction of sp³-hybridized carbons (Fsp3) is 0.463. The molecule has 0 saturated carbocycles. The average molecular weight is 594 g/mol. The number of aliphatic hydroxyl groups excluding tert-OH is 1. The van der Waals surface area contributed by atoms with Gasteiger partial charge in [-0.25, -0.2) is 0 Å². The number of allylic oxidation sites excluding steroid dienone is 2. The van der Waals surface area contributed by atoms with Gasteiger partial charge in [-0.05, 0) is 103 Å². The van der Waals surface area contributed by atoms with Crippen LogP contribution in [0.4, 0.5) is 5.69 Å². The largest absolute Gasteiger partial charge is 0.513 e. The van der Waals surface area contributed by atoms with E-state index in [4.69, 9.17) is 4.74 Å². The highest BCUT2D eigenvalue weighted by atomic mass is 16.5. The van der Waals surface area contributed by atoms with E-state index in [-0.39, 0.29) is 18.2 Å². The number of benzene rings is 3. The summed E-state index contributed by atoms with van der Waals surface area (Å²) >= 11 is 0. The summed E-state index contributed by atoms with van der Waals surface area (Å²) in [6.45, 7) is 19.9. The van der Waals surface area contributed by atoms with E-state index < -0.39 is 0 Å². The molecule has 0 spiro atoms. The quantitative estimate of drug-likeness (QED) is 0.212. The smallest absolute Gasteiger partial charge is 0.0911 e. The maximum absolute atomic E-state index is 10.7. The number of aryl methyl sites for hydroxylation is 2. The minimum absolute atomic E-state index is 0.0897. The molecule has 3 aromatic carbocycles. The Balaban J connectivity index is 1.78. The zero-order chi connectivity index (χ0) is 32.1. The number of likely N-dealkylation sites (N-methyl/N-ethyl adjacent to an activating group) is 1. The highest BCUT2D eigenvalue weighted by molar-refractivity contribution is 5.85. The zero-order valence-corrected chi connectivity index (χ0v) is 28.8. The van der Waals surface area contributed by atoms with Crippen LogP contribution < -0.4 is 4.90 Å². The van der Waals surface area contributed by atoms with Crippen LogP contribution in [0.2, 0.25) is 0 Å². The SMILES string of the molecule is Cc1cc(C)c([C@H](C)OC(/C=C(\O)CC(C)C)CC(C)C)c(C2C=C(CC(C)C)c3cc(-c4ccccc4)ccc3N2C)c1. The van der Waals surface area contributed by atoms with Crippen molar-refractivity contribution in [2.45, 2.75) is 99.8 Å². The summed E-state index contributed by atoms with van der Waals surface area (Å²) in [5.41, 5.74) is 11.6. The molecule has 0 amide bonds. The van der Waals surface area contributed by atoms with Crippen LogP contribution in [0, 0.1) is 31.6 Å². The molecular formula is C41H55NO2. The molecule has 1 aliphatic rings. The Hall–Kier alpha value is -3.30. The third-order valence-electron chi connectivity index (χ3n) is 8.60. The van der Waals surface area contributed by atoms with E-state index in [0.29, 0.717) is 29.9 Å². The second kappa shape index (κ2) is 14.7. The van der Waals surface area contributed by atoms with Crippen molar-refractivity contribution >= 4 is 11.3 Å². The van der Waals surface area contributed by atoms with Crippen molar-refractivity contribution in [2.24, 2.45) is 17.8 Å². The summed E-state index contributed by atoms with van der Waals surface area (Å²) < 4.78 is 6.84. The molecule has 0 radical (unpaired) electrons. The Morgan fingerprint density at radius 2 is 1.57 bits per heavy atom. The van der Waals surface area contributed by atoms with Crippen LogP contribution in [-0.2, 0) is 4.74 Å². The first-order valence-electron chi connectivity index (χ1n) is 16.6. The third-order valence-corrected chi connectivity index (χ3v) is 8.60. The van der Waals surface area contributed by atoms with Crippen LogP contribution in [0.5, 0.6) is 0 Å². The summed E-state index contributed by atoms with van der Waals surface area (Å²) in [5.74, 6) is 1.83. The number of nitrogens with zero attached hydrogens (tertiary/aromatic N) is 1. The first-order chi connectivity index (χ1) is 20.8. The first kappa shape index (κ1) is 33.6. The Morgan fingerprint density at radius 1 is 0.864 bits per heavy atom. The minimum atomic E-state index is -0.148. The predicted molar refractivity (Wildman–Crippen MR) is 189 cm³/mol. The molecular weight excluding hydrogens is 538 g/mol. The second-order valence-corrected chi connectivity index (χ2v) is 14.2. The van der Waals surface area contributed by atoms with Gasteiger partial charge in [0.15, 0.2) is 0 Å². The normalized spacial score (nSPS) is 16.8. The maximum atomic E-state index is 10.7. The van der Waals surface area contributed by atoms with Crippen molar-refractivity contribution in [3.8, 4) is 11.1 Å². The van der Waals surface area contributed by atoms with E-state index in [1.165, 1.54) is 50.2 Å². The van der Waals surface area contributed by atoms with Gasteiger partial charge in [0.1, 0.15) is 0 Å². The lowest BCUT2D eigenvalue weighted by molar-refractivity contribution is 0.0104. The van der Waals surface area contributed by atoms with Crippen molar-refractivity contribution in [3.05, 3.63) is 106 Å². The van der Waals surface area contributed by atoms with Crippen LogP contribution in [0.3, 0.4) is 0 Å². The Bertz CT molecular complexity index is 1460. The highest BCUT2D eigenvalue weighted by Crippen LogP contribution is 2.45. The van der Waals surface area contributed by atoms with E-state index in [1.54, 1.807) is 0 Å². The number of hydrogen-bond donors (Lipinski definition) is 1. The molecule has 44 heavy (non-hydrogen) atoms. The summed E-state index contributed by atoms with van der Waals surface area (Å²) in [5, 5.41) is 10.7. The fourth-order valence-corrected chi connectivity index (χ4v) is 6.84. The topological polar surface area (TPSA) is 32.7 Å². The number of hydrogen-bond acceptors (Lipinski definition) is 3. The van der Waals surface area contributed by atoms with Crippen LogP contribution in [0.25, 0.3) is 16.7 Å². The average Bonchev–Trinajstić information content (AvgIpc) is 2.93. The number of ether oxygens (including phenoxy) is 1. The molecule has 1 N–H and O–H groups in total. The molecule has 3 heteroatoms. The van der Waals surface area contributed by atoms with E-state index >= 15 is 0 Å². The molecule has 236 valence electrons. The van der Waals surface area contributed by atoms with E-state index in [1.807, 2.05) is 6.08 Å². The van der Waals surface area contributed by atoms with Crippen LogP contribution in [0.1, 0.15) is 108 Å². The zero-order valence-electron chi connectivity index (χ0n) is 28.8. The summed E-state index contributed by atoms with van der Waals surface area (Å²) in [6, 6.07) is 22.4. The number of anilines is 1. The van der Waals surface area contributed by atoms with Crippen molar-refractivity contribution in [3.63, 3.8) is 0 Å². The van der Waals surface area contributed by atoms with Gasteiger partial charge in [0.25, 0.3) is 0 Å². The monoisotopic (exact) mass is 593 g/mol. The standard InChI is InChI=1S/C41H55NO2/c1-26(2)18-34-24-40(42(10)39-17-16-33(23-37(34)39)32-14-12-11-13-15-32)38-22-29(7)21-30(8)41(38)31(9)44-36(20-28(5)6)25-35(43)19-27(3)4/h11-17,21-28,31,36,40,43H,18-20H2,1-10H3/b35-25-/t31-,36?,40?/m0/s1. The van der Waals surface area contributed by atoms with E-state index in [2.05, 4.69) is 141 Å². The molecule has 0 bridgehead atoms. The van der Waals surface area contributed by atoms with Gasteiger partial charge in [-0.1, -0.05) is 102 Å². The molecule has 3 nitrogen and oxygen atoms in total. The van der Waals surface area contributed by atoms with Gasteiger partial charge in [-0.3, -0.25) is 0 Å². The van der Waals surface area contributed by atoms with E-state index in [9.17, 15) is 5.11 Å². The van der Waals surface area contributed by atoms with Crippen LogP contribution in [0.15, 0.2) is 78.6 Å². The van der Waals surface area contributed by atoms with Crippen molar-refractivity contribution in [2.75, 3.05) is 11.9 Å². The van der Waals surface area contributed by atoms with Crippen LogP contribution in [-0.4, -0.2) is 18.3 Å². The molecule has 1 heterocycles. The number of aliphatic hydroxyl groups is 1. The molecule has 3 atom stereocenters. The Labute approximate surface area is 267 Å². The van der Waals surface area contributed by atoms with E-state index in [0.717, 1.165) is 12.8 Å². The lowest BCUT2D eigenvalue weighted by Crippen LogP contribution is -2.29. The molecule has 1 aliphatic heterocycles. The third kappa shape index (κ3) is 8.24. The lowest BCUT2D eigenvalue weighted by Gasteiger charge is -2.38. The fourth-order valence-electron chi connectivity index (χ4n) is 6.84. The van der Waals surface area contributed by atoms with Gasteiger partial charge in [-0.15, -0.1) is 0 Å². The molecule has 0 aromatic heterocycles. The predicted octanol–water partition coefficient (Wildman–Crippen LogP) is 11.6. The summed E-state index contributed by atoms with van der Waals surface area (Å²) in [6.07, 6.45) is 6.74. The van der Waals surface area contributed by atoms with Gasteiger partial charge < -0.3 is 14.7 Å². The molecule has 0 fully saturated rings. The summed E-state index contributed by atoms with van der Waals surface area (Å²) in [7, 11) is 2.23. The van der Waals surface area contributed by atoms with Gasteiger partial charge >= 0.3 is 0 Å². The number of fused-ring (bicyclic) bond motifs is 1. The van der Waals surface area contributed by atoms with Crippen LogP contribution >= 0.6 is 0 Å². The minimum Gasteiger partial charge on any atom is -0.513 e. The van der Waals surface area contributed by atoms with Crippen molar-refractivity contribution in [1.29, 1.82) is 0 Å². The molecule has 3 aromatic rings. The van der Waals surface area contributed by atoms with Gasteiger partial charge in [-0.2, -0.15) is 0 Å². The molecule has 0 saturated heterocycles. The molecule has 4 rings (SSSR count). The molecule has 0 aliphatic carbocycles. The first-order valence-corrected chi connectivity index (χ1v) is 16.6. The lowest BCUT2D eigenvalue weighted by atomic mass is 9.83. The Morgan fingerprint density at radius 3 is 2.20 bits per heavy atom. The molecule has 2 unspecified atom stereocenters. The highest BCUT2D eigenvalue weighted by Gasteiger charge is 2.30. The Kier molecular flexibility index (Phi) is 11.2. The van der Waals surface area contributed by atoms with Crippen molar-refractivity contribution in [1.82, 2.24) is 0 Å². The second-order valence-electron chi connectivity index (χ2n) is 14.2. The van der Waals surface area contributed by atoms with Gasteiger partial charge in [0.05, 0.1) is 24.0 Å². The van der Waals surface area contributed by atoms with Gasteiger partial charge in [0.2, 0.25) is 0 Å².